The number of nitrogen functional groups attached to an aromatic ring is 1. The highest BCUT2D eigenvalue weighted by Gasteiger charge is 2.21. The van der Waals surface area contributed by atoms with E-state index in [0.29, 0.717) is 23.2 Å². The smallest absolute Gasteiger partial charge is 0.371 e. The molecule has 0 radical (unpaired) electrons. The summed E-state index contributed by atoms with van der Waals surface area (Å²) in [4.78, 5) is 46.5. The fourth-order valence-corrected chi connectivity index (χ4v) is 3.69. The molecular formula is C21H28N6O4. The average Bonchev–Trinajstić information content (AvgIpc) is 2.73. The first kappa shape index (κ1) is 22.3. The Morgan fingerprint density at radius 1 is 1.13 bits per heavy atom. The summed E-state index contributed by atoms with van der Waals surface area (Å²) in [5.74, 6) is 5.58. The molecule has 0 unspecified atom stereocenters. The first-order valence-corrected chi connectivity index (χ1v) is 10.2. The summed E-state index contributed by atoms with van der Waals surface area (Å²) in [6.07, 6.45) is 3.68. The molecule has 2 N–H and O–H groups in total. The average molecular weight is 428 g/mol. The van der Waals surface area contributed by atoms with Crippen LogP contribution >= 0.6 is 0 Å². The lowest BCUT2D eigenvalue weighted by atomic mass is 10.1. The third kappa shape index (κ3) is 4.52. The van der Waals surface area contributed by atoms with Crippen molar-refractivity contribution in [3.05, 3.63) is 38.5 Å². The van der Waals surface area contributed by atoms with Gasteiger partial charge < -0.3 is 20.0 Å². The summed E-state index contributed by atoms with van der Waals surface area (Å²) >= 11 is 0. The van der Waals surface area contributed by atoms with Gasteiger partial charge in [0.25, 0.3) is 0 Å². The summed E-state index contributed by atoms with van der Waals surface area (Å²) < 4.78 is 7.01. The van der Waals surface area contributed by atoms with Crippen molar-refractivity contribution in [1.82, 2.24) is 19.2 Å². The van der Waals surface area contributed by atoms with Crippen molar-refractivity contribution in [2.24, 2.45) is 0 Å². The van der Waals surface area contributed by atoms with E-state index < -0.39 is 11.2 Å². The van der Waals surface area contributed by atoms with Crippen molar-refractivity contribution in [3.8, 4) is 11.5 Å². The number of aryl methyl sites for hydroxylation is 2. The maximum Gasteiger partial charge on any atom is 0.371 e. The number of fused-ring (bicyclic) bond motifs is 2. The second kappa shape index (κ2) is 9.15. The monoisotopic (exact) mass is 428 g/mol. The van der Waals surface area contributed by atoms with Gasteiger partial charge in [0, 0.05) is 32.7 Å². The molecule has 0 saturated heterocycles. The number of methoxy groups -OCH3 is 1. The molecule has 0 saturated carbocycles. The number of benzene rings is 1. The molecule has 1 aromatic rings. The van der Waals surface area contributed by atoms with Gasteiger partial charge in [-0.1, -0.05) is 12.8 Å². The van der Waals surface area contributed by atoms with E-state index in [1.165, 1.54) is 7.11 Å². The molecule has 10 heteroatoms. The van der Waals surface area contributed by atoms with Crippen LogP contribution in [0, 0.1) is 6.92 Å². The molecule has 2 aliphatic rings. The highest BCUT2D eigenvalue weighted by Crippen LogP contribution is 2.28. The maximum absolute atomic E-state index is 12.6. The fraction of sp³-hybridized carbons (Fsp3) is 0.476. The summed E-state index contributed by atoms with van der Waals surface area (Å²) in [6, 6.07) is 3.91. The molecule has 3 rings (SSSR count). The third-order valence-corrected chi connectivity index (χ3v) is 5.33. The molecule has 0 aromatic heterocycles. The first-order valence-electron chi connectivity index (χ1n) is 10.2. The van der Waals surface area contributed by atoms with Gasteiger partial charge in [-0.05, 0) is 37.5 Å². The first-order chi connectivity index (χ1) is 14.7. The molecule has 166 valence electrons. The summed E-state index contributed by atoms with van der Waals surface area (Å²) in [5, 5.41) is 0. The van der Waals surface area contributed by atoms with Crippen LogP contribution in [0.2, 0.25) is 0 Å². The number of carbonyl (C=O) groups excluding carboxylic acids is 1. The van der Waals surface area contributed by atoms with Crippen LogP contribution in [0.25, 0.3) is 22.6 Å². The normalized spacial score (nSPS) is 11.2. The lowest BCUT2D eigenvalue weighted by molar-refractivity contribution is -0.140. The Labute approximate surface area is 179 Å². The molecule has 0 fully saturated rings. The van der Waals surface area contributed by atoms with Crippen molar-refractivity contribution in [3.63, 3.8) is 0 Å². The molecule has 0 bridgehead atoms. The number of carbonyl (C=O) groups is 1. The van der Waals surface area contributed by atoms with Gasteiger partial charge in [-0.2, -0.15) is 9.66 Å². The van der Waals surface area contributed by atoms with Crippen LogP contribution in [-0.4, -0.2) is 46.4 Å². The topological polar surface area (TPSA) is 125 Å². The van der Waals surface area contributed by atoms with E-state index in [1.807, 2.05) is 42.6 Å². The third-order valence-electron chi connectivity index (χ3n) is 5.33. The minimum Gasteiger partial charge on any atom is -0.469 e. The van der Waals surface area contributed by atoms with E-state index in [-0.39, 0.29) is 17.5 Å². The number of nitrogens with zero attached hydrogens (tertiary/aromatic N) is 5. The zero-order chi connectivity index (χ0) is 22.7. The standard InChI is InChI=1S/C21H28N6O4/c1-13-11-14-16(12-15(13)25(2)3)26(10-8-6-5-7-9-17(28)31-4)19-18(23-14)20(29)27(22)21(30)24-19/h11-12H,5-10,22H2,1-4H3. The van der Waals surface area contributed by atoms with E-state index in [4.69, 9.17) is 5.84 Å². The zero-order valence-electron chi connectivity index (χ0n) is 18.3. The van der Waals surface area contributed by atoms with Crippen LogP contribution < -0.4 is 22.0 Å². The summed E-state index contributed by atoms with van der Waals surface area (Å²) in [7, 11) is 5.29. The minimum atomic E-state index is -0.814. The Morgan fingerprint density at radius 2 is 1.84 bits per heavy atom. The van der Waals surface area contributed by atoms with Gasteiger partial charge in [-0.3, -0.25) is 9.59 Å². The molecule has 2 heterocycles. The second-order valence-corrected chi connectivity index (χ2v) is 7.77. The molecule has 1 aromatic carbocycles. The van der Waals surface area contributed by atoms with Crippen molar-refractivity contribution < 1.29 is 9.53 Å². The maximum atomic E-state index is 12.6. The molecule has 0 amide bonds. The number of nitrogens with two attached hydrogens (primary N) is 1. The Hall–Kier alpha value is -3.43. The second-order valence-electron chi connectivity index (χ2n) is 7.77. The zero-order valence-corrected chi connectivity index (χ0v) is 18.3. The van der Waals surface area contributed by atoms with Crippen molar-refractivity contribution >= 4 is 22.7 Å². The quantitative estimate of drug-likeness (QED) is 0.246. The number of anilines is 1. The number of hydrogen-bond acceptors (Lipinski definition) is 8. The number of rotatable bonds is 8. The molecule has 0 spiro atoms. The minimum absolute atomic E-state index is 0.0669. The molecule has 0 atom stereocenters. The lowest BCUT2D eigenvalue weighted by Gasteiger charge is -2.21. The van der Waals surface area contributed by atoms with Crippen LogP contribution in [0.1, 0.15) is 37.7 Å². The van der Waals surface area contributed by atoms with Crippen LogP contribution in [0.5, 0.6) is 0 Å². The number of esters is 1. The van der Waals surface area contributed by atoms with Gasteiger partial charge in [0.05, 0.1) is 18.1 Å². The molecule has 31 heavy (non-hydrogen) atoms. The number of aromatic nitrogens is 4. The van der Waals surface area contributed by atoms with Gasteiger partial charge in [0.2, 0.25) is 0 Å². The SMILES string of the molecule is COC(=O)CCCCCCn1c2nc(=O)n(N)c(=O)c-2nc2cc(C)c(N(C)C)cc21. The van der Waals surface area contributed by atoms with Crippen molar-refractivity contribution in [2.75, 3.05) is 31.9 Å². The Morgan fingerprint density at radius 3 is 2.52 bits per heavy atom. The van der Waals surface area contributed by atoms with E-state index in [9.17, 15) is 14.4 Å². The number of unbranched alkanes of at least 4 members (excludes halogenated alkanes) is 3. The Bertz CT molecular complexity index is 1200. The summed E-state index contributed by atoms with van der Waals surface area (Å²) in [5.41, 5.74) is 2.03. The van der Waals surface area contributed by atoms with Gasteiger partial charge >= 0.3 is 17.2 Å². The largest absolute Gasteiger partial charge is 0.469 e. The Balaban J connectivity index is 2.02. The fourth-order valence-electron chi connectivity index (χ4n) is 3.69. The predicted octanol–water partition coefficient (Wildman–Crippen LogP) is 1.27. The Kier molecular flexibility index (Phi) is 6.57. The molecule has 2 aliphatic heterocycles. The van der Waals surface area contributed by atoms with Crippen LogP contribution in [0.3, 0.4) is 0 Å². The van der Waals surface area contributed by atoms with Gasteiger partial charge in [0.1, 0.15) is 0 Å². The van der Waals surface area contributed by atoms with Crippen LogP contribution in [0.15, 0.2) is 21.7 Å². The molecule has 0 aliphatic carbocycles. The lowest BCUT2D eigenvalue weighted by Crippen LogP contribution is -2.43. The molecular weight excluding hydrogens is 400 g/mol. The van der Waals surface area contributed by atoms with Gasteiger partial charge in [-0.15, -0.1) is 0 Å². The van der Waals surface area contributed by atoms with E-state index >= 15 is 0 Å². The highest BCUT2D eigenvalue weighted by atomic mass is 16.5. The molecule has 10 nitrogen and oxygen atoms in total. The van der Waals surface area contributed by atoms with E-state index in [2.05, 4.69) is 14.7 Å². The number of ether oxygens (including phenoxy) is 1. The van der Waals surface area contributed by atoms with Gasteiger partial charge in [0.15, 0.2) is 11.5 Å². The predicted molar refractivity (Wildman–Crippen MR) is 119 cm³/mol. The summed E-state index contributed by atoms with van der Waals surface area (Å²) in [6.45, 7) is 2.52. The van der Waals surface area contributed by atoms with Crippen LogP contribution in [-0.2, 0) is 16.1 Å². The van der Waals surface area contributed by atoms with Crippen molar-refractivity contribution in [1.29, 1.82) is 0 Å². The highest BCUT2D eigenvalue weighted by molar-refractivity contribution is 5.84. The van der Waals surface area contributed by atoms with E-state index in [1.54, 1.807) is 0 Å². The van der Waals surface area contributed by atoms with Gasteiger partial charge in [-0.25, -0.2) is 9.78 Å². The van der Waals surface area contributed by atoms with Crippen molar-refractivity contribution in [2.45, 2.75) is 45.6 Å². The number of hydrogen-bond donors (Lipinski definition) is 1. The van der Waals surface area contributed by atoms with Crippen LogP contribution in [0.4, 0.5) is 5.69 Å². The van der Waals surface area contributed by atoms with E-state index in [0.717, 1.165) is 42.5 Å².